The minimum Gasteiger partial charge on any atom is -0.354 e. The molecule has 3 rings (SSSR count). The van der Waals surface area contributed by atoms with Gasteiger partial charge in [0.05, 0.1) is 0 Å². The van der Waals surface area contributed by atoms with Gasteiger partial charge in [-0.3, -0.25) is 9.59 Å². The first-order chi connectivity index (χ1) is 11.6. The largest absolute Gasteiger partial charge is 0.354 e. The van der Waals surface area contributed by atoms with Gasteiger partial charge in [-0.25, -0.2) is 0 Å². The van der Waals surface area contributed by atoms with E-state index in [9.17, 15) is 9.59 Å². The number of hydrogen-bond acceptors (Lipinski definition) is 3. The van der Waals surface area contributed by atoms with Crippen LogP contribution in [0.5, 0.6) is 0 Å². The molecular formula is C19H29N3O2. The van der Waals surface area contributed by atoms with E-state index in [4.69, 9.17) is 0 Å². The third kappa shape index (κ3) is 4.47. The maximum atomic E-state index is 12.2. The minimum atomic E-state index is -0.175. The zero-order chi connectivity index (χ0) is 16.9. The number of pyridine rings is 1. The SMILES string of the molecule is Cc1cc(=O)cc(C(=O)NCC2CCN(C3CCCCC3)CC2)[nH]1. The molecule has 0 unspecified atom stereocenters. The number of carbonyl (C=O) groups excluding carboxylic acids is 1. The number of carbonyl (C=O) groups is 1. The molecule has 1 aromatic heterocycles. The first kappa shape index (κ1) is 17.2. The van der Waals surface area contributed by atoms with Crippen LogP contribution in [0, 0.1) is 12.8 Å². The van der Waals surface area contributed by atoms with Crippen LogP contribution in [-0.2, 0) is 0 Å². The lowest BCUT2D eigenvalue weighted by Crippen LogP contribution is -2.44. The monoisotopic (exact) mass is 331 g/mol. The number of aromatic amines is 1. The van der Waals surface area contributed by atoms with Gasteiger partial charge in [0, 0.05) is 30.4 Å². The van der Waals surface area contributed by atoms with E-state index in [2.05, 4.69) is 15.2 Å². The second-order valence-corrected chi connectivity index (χ2v) is 7.39. The third-order valence-corrected chi connectivity index (χ3v) is 5.51. The van der Waals surface area contributed by atoms with E-state index in [-0.39, 0.29) is 11.3 Å². The summed E-state index contributed by atoms with van der Waals surface area (Å²) in [5.74, 6) is 0.371. The van der Waals surface area contributed by atoms with Crippen LogP contribution in [0.2, 0.25) is 0 Å². The molecule has 1 saturated carbocycles. The van der Waals surface area contributed by atoms with Crippen molar-refractivity contribution >= 4 is 5.91 Å². The Morgan fingerprint density at radius 2 is 1.88 bits per heavy atom. The summed E-state index contributed by atoms with van der Waals surface area (Å²) in [5, 5.41) is 2.99. The van der Waals surface area contributed by atoms with Crippen LogP contribution in [0.15, 0.2) is 16.9 Å². The summed E-state index contributed by atoms with van der Waals surface area (Å²) >= 11 is 0. The Bertz CT molecular complexity index is 611. The number of H-pyrrole nitrogens is 1. The molecule has 1 aliphatic heterocycles. The number of piperidine rings is 1. The van der Waals surface area contributed by atoms with Crippen LogP contribution in [0.4, 0.5) is 0 Å². The van der Waals surface area contributed by atoms with Crippen LogP contribution in [0.25, 0.3) is 0 Å². The van der Waals surface area contributed by atoms with Gasteiger partial charge in [-0.2, -0.15) is 0 Å². The molecule has 2 heterocycles. The zero-order valence-corrected chi connectivity index (χ0v) is 14.6. The first-order valence-corrected chi connectivity index (χ1v) is 9.35. The Morgan fingerprint density at radius 1 is 1.17 bits per heavy atom. The summed E-state index contributed by atoms with van der Waals surface area (Å²) in [6.45, 7) is 4.81. The summed E-state index contributed by atoms with van der Waals surface area (Å²) in [6.07, 6.45) is 9.21. The van der Waals surface area contributed by atoms with Gasteiger partial charge in [-0.05, 0) is 51.6 Å². The molecule has 1 saturated heterocycles. The van der Waals surface area contributed by atoms with Gasteiger partial charge in [0.25, 0.3) is 5.91 Å². The lowest BCUT2D eigenvalue weighted by molar-refractivity contribution is 0.0895. The summed E-state index contributed by atoms with van der Waals surface area (Å²) in [6, 6.07) is 3.66. The van der Waals surface area contributed by atoms with Crippen molar-refractivity contribution in [1.29, 1.82) is 0 Å². The number of nitrogens with one attached hydrogen (secondary N) is 2. The van der Waals surface area contributed by atoms with E-state index in [1.165, 1.54) is 44.2 Å². The average molecular weight is 331 g/mol. The van der Waals surface area contributed by atoms with Gasteiger partial charge in [0.15, 0.2) is 5.43 Å². The van der Waals surface area contributed by atoms with Gasteiger partial charge < -0.3 is 15.2 Å². The summed E-state index contributed by atoms with van der Waals surface area (Å²) in [4.78, 5) is 29.3. The second-order valence-electron chi connectivity index (χ2n) is 7.39. The van der Waals surface area contributed by atoms with Gasteiger partial charge in [-0.15, -0.1) is 0 Å². The van der Waals surface area contributed by atoms with Crippen molar-refractivity contribution in [3.05, 3.63) is 33.7 Å². The topological polar surface area (TPSA) is 65.2 Å². The fraction of sp³-hybridized carbons (Fsp3) is 0.684. The molecule has 0 bridgehead atoms. The number of amides is 1. The van der Waals surface area contributed by atoms with Crippen LogP contribution in [0.3, 0.4) is 0 Å². The molecule has 0 aromatic carbocycles. The van der Waals surface area contributed by atoms with E-state index in [0.29, 0.717) is 23.9 Å². The van der Waals surface area contributed by atoms with Crippen LogP contribution in [-0.4, -0.2) is 41.5 Å². The number of nitrogens with zero attached hydrogens (tertiary/aromatic N) is 1. The molecule has 5 nitrogen and oxygen atoms in total. The molecule has 0 radical (unpaired) electrons. The van der Waals surface area contributed by atoms with Crippen molar-refractivity contribution in [1.82, 2.24) is 15.2 Å². The molecule has 2 N–H and O–H groups in total. The van der Waals surface area contributed by atoms with Crippen molar-refractivity contribution in [2.45, 2.75) is 57.9 Å². The van der Waals surface area contributed by atoms with Gasteiger partial charge in [0.2, 0.25) is 0 Å². The van der Waals surface area contributed by atoms with Crippen molar-refractivity contribution in [3.63, 3.8) is 0 Å². The maximum absolute atomic E-state index is 12.2. The fourth-order valence-electron chi connectivity index (χ4n) is 4.10. The number of hydrogen-bond donors (Lipinski definition) is 2. The first-order valence-electron chi connectivity index (χ1n) is 9.35. The Morgan fingerprint density at radius 3 is 2.54 bits per heavy atom. The predicted molar refractivity (Wildman–Crippen MR) is 95.3 cm³/mol. The zero-order valence-electron chi connectivity index (χ0n) is 14.6. The molecule has 1 aliphatic carbocycles. The normalized spacial score (nSPS) is 20.9. The summed E-state index contributed by atoms with van der Waals surface area (Å²) in [5.41, 5.74) is 0.949. The number of aromatic nitrogens is 1. The highest BCUT2D eigenvalue weighted by atomic mass is 16.2. The van der Waals surface area contributed by atoms with Gasteiger partial charge in [0.1, 0.15) is 5.69 Å². The van der Waals surface area contributed by atoms with Crippen molar-refractivity contribution < 1.29 is 4.79 Å². The van der Waals surface area contributed by atoms with E-state index in [0.717, 1.165) is 32.0 Å². The number of likely N-dealkylation sites (tertiary alicyclic amines) is 1. The van der Waals surface area contributed by atoms with E-state index < -0.39 is 0 Å². The average Bonchev–Trinajstić information content (AvgIpc) is 2.60. The molecule has 5 heteroatoms. The molecule has 2 aliphatic rings. The minimum absolute atomic E-state index is 0.128. The maximum Gasteiger partial charge on any atom is 0.267 e. The highest BCUT2D eigenvalue weighted by molar-refractivity contribution is 5.92. The molecule has 1 amide bonds. The van der Waals surface area contributed by atoms with Gasteiger partial charge in [-0.1, -0.05) is 19.3 Å². The molecule has 2 fully saturated rings. The molecule has 0 spiro atoms. The summed E-state index contributed by atoms with van der Waals surface area (Å²) < 4.78 is 0. The molecular weight excluding hydrogens is 302 g/mol. The standard InChI is InChI=1S/C19H29N3O2/c1-14-11-17(23)12-18(21-14)19(24)20-13-15-7-9-22(10-8-15)16-5-3-2-4-6-16/h11-12,15-16H,2-10,13H2,1H3,(H,20,24)(H,21,23). The van der Waals surface area contributed by atoms with Crippen LogP contribution < -0.4 is 10.7 Å². The van der Waals surface area contributed by atoms with Crippen molar-refractivity contribution in [2.24, 2.45) is 5.92 Å². The van der Waals surface area contributed by atoms with Crippen LogP contribution >= 0.6 is 0 Å². The van der Waals surface area contributed by atoms with Crippen molar-refractivity contribution in [3.8, 4) is 0 Å². The molecule has 24 heavy (non-hydrogen) atoms. The Hall–Kier alpha value is -1.62. The van der Waals surface area contributed by atoms with Gasteiger partial charge >= 0.3 is 0 Å². The second kappa shape index (κ2) is 7.97. The van der Waals surface area contributed by atoms with E-state index in [1.54, 1.807) is 6.92 Å². The Kier molecular flexibility index (Phi) is 5.72. The molecule has 132 valence electrons. The Labute approximate surface area is 143 Å². The lowest BCUT2D eigenvalue weighted by atomic mass is 9.90. The van der Waals surface area contributed by atoms with E-state index in [1.807, 2.05) is 0 Å². The molecule has 0 atom stereocenters. The quantitative estimate of drug-likeness (QED) is 0.891. The van der Waals surface area contributed by atoms with Crippen LogP contribution in [0.1, 0.15) is 61.1 Å². The lowest BCUT2D eigenvalue weighted by Gasteiger charge is -2.39. The highest BCUT2D eigenvalue weighted by Gasteiger charge is 2.26. The summed E-state index contributed by atoms with van der Waals surface area (Å²) in [7, 11) is 0. The fourth-order valence-corrected chi connectivity index (χ4v) is 4.10. The number of aryl methyl sites for hydroxylation is 1. The molecule has 1 aromatic rings. The predicted octanol–water partition coefficient (Wildman–Crippen LogP) is 2.46. The number of rotatable bonds is 4. The van der Waals surface area contributed by atoms with E-state index >= 15 is 0 Å². The third-order valence-electron chi connectivity index (χ3n) is 5.51. The Balaban J connectivity index is 1.44. The van der Waals surface area contributed by atoms with Crippen molar-refractivity contribution in [2.75, 3.05) is 19.6 Å². The smallest absolute Gasteiger partial charge is 0.267 e. The highest BCUT2D eigenvalue weighted by Crippen LogP contribution is 2.26.